The molecular formula is C11H11ClN4O. The fourth-order valence-electron chi connectivity index (χ4n) is 1.54. The van der Waals surface area contributed by atoms with Crippen molar-refractivity contribution in [3.05, 3.63) is 41.0 Å². The van der Waals surface area contributed by atoms with Gasteiger partial charge in [0.05, 0.1) is 5.69 Å². The highest BCUT2D eigenvalue weighted by molar-refractivity contribution is 6.30. The van der Waals surface area contributed by atoms with Crippen LogP contribution in [0.3, 0.4) is 0 Å². The number of carbonyl (C=O) groups excluding carboxylic acids is 1. The van der Waals surface area contributed by atoms with Crippen LogP contribution in [-0.4, -0.2) is 15.7 Å². The zero-order valence-corrected chi connectivity index (χ0v) is 9.90. The van der Waals surface area contributed by atoms with Gasteiger partial charge in [0.2, 0.25) is 0 Å². The Morgan fingerprint density at radius 3 is 2.65 bits per heavy atom. The summed E-state index contributed by atoms with van der Waals surface area (Å²) in [5, 5.41) is 4.73. The fraction of sp³-hybridized carbons (Fsp3) is 0.0909. The lowest BCUT2D eigenvalue weighted by Crippen LogP contribution is -2.30. The number of nitrogens with zero attached hydrogens (tertiary/aromatic N) is 2. The Kier molecular flexibility index (Phi) is 3.12. The molecule has 1 aromatic carbocycles. The third-order valence-corrected chi connectivity index (χ3v) is 2.64. The van der Waals surface area contributed by atoms with E-state index < -0.39 is 5.91 Å². The second kappa shape index (κ2) is 4.57. The van der Waals surface area contributed by atoms with Gasteiger partial charge in [0.1, 0.15) is 0 Å². The molecule has 1 aromatic heterocycles. The molecule has 0 bridgehead atoms. The van der Waals surface area contributed by atoms with Crippen molar-refractivity contribution in [2.24, 2.45) is 12.9 Å². The van der Waals surface area contributed by atoms with E-state index in [1.54, 1.807) is 29.9 Å². The number of hydrogen-bond donors (Lipinski definition) is 2. The lowest BCUT2D eigenvalue weighted by Gasteiger charge is -2.00. The van der Waals surface area contributed by atoms with Crippen LogP contribution >= 0.6 is 11.6 Å². The van der Waals surface area contributed by atoms with E-state index in [9.17, 15) is 4.79 Å². The number of nitrogen functional groups attached to an aromatic ring is 1. The second-order valence-electron chi connectivity index (χ2n) is 3.52. The molecule has 0 saturated heterocycles. The Balaban J connectivity index is 2.42. The SMILES string of the molecule is Cn1nc(C(=O)NN)cc1-c1ccc(Cl)cc1. The molecule has 0 saturated carbocycles. The van der Waals surface area contributed by atoms with Crippen LogP contribution in [0.2, 0.25) is 5.02 Å². The van der Waals surface area contributed by atoms with Gasteiger partial charge in [-0.3, -0.25) is 14.9 Å². The molecule has 3 N–H and O–H groups in total. The summed E-state index contributed by atoms with van der Waals surface area (Å²) in [5.41, 5.74) is 4.07. The largest absolute Gasteiger partial charge is 0.289 e. The van der Waals surface area contributed by atoms with E-state index in [0.717, 1.165) is 11.3 Å². The summed E-state index contributed by atoms with van der Waals surface area (Å²) < 4.78 is 1.62. The van der Waals surface area contributed by atoms with Gasteiger partial charge in [0, 0.05) is 12.1 Å². The Labute approximate surface area is 103 Å². The summed E-state index contributed by atoms with van der Waals surface area (Å²) in [4.78, 5) is 11.3. The van der Waals surface area contributed by atoms with Crippen LogP contribution in [0, 0.1) is 0 Å². The monoisotopic (exact) mass is 250 g/mol. The van der Waals surface area contributed by atoms with Crippen LogP contribution in [0.15, 0.2) is 30.3 Å². The molecule has 1 heterocycles. The number of hydrogen-bond acceptors (Lipinski definition) is 3. The number of nitrogens with one attached hydrogen (secondary N) is 1. The first-order valence-corrected chi connectivity index (χ1v) is 5.30. The zero-order valence-electron chi connectivity index (χ0n) is 9.14. The predicted molar refractivity (Wildman–Crippen MR) is 65.3 cm³/mol. The molecular weight excluding hydrogens is 240 g/mol. The van der Waals surface area contributed by atoms with Crippen LogP contribution in [0.5, 0.6) is 0 Å². The van der Waals surface area contributed by atoms with Gasteiger partial charge in [-0.05, 0) is 23.8 Å². The van der Waals surface area contributed by atoms with Crippen LogP contribution < -0.4 is 11.3 Å². The maximum absolute atomic E-state index is 11.3. The number of halogens is 1. The average molecular weight is 251 g/mol. The molecule has 0 aliphatic rings. The van der Waals surface area contributed by atoms with E-state index in [2.05, 4.69) is 5.10 Å². The van der Waals surface area contributed by atoms with Crippen LogP contribution in [0.4, 0.5) is 0 Å². The number of hydrazine groups is 1. The van der Waals surface area contributed by atoms with Gasteiger partial charge in [-0.25, -0.2) is 5.84 Å². The van der Waals surface area contributed by atoms with Gasteiger partial charge in [-0.2, -0.15) is 5.10 Å². The van der Waals surface area contributed by atoms with Crippen molar-refractivity contribution in [3.63, 3.8) is 0 Å². The highest BCUT2D eigenvalue weighted by atomic mass is 35.5. The molecule has 6 heteroatoms. The van der Waals surface area contributed by atoms with Crippen molar-refractivity contribution in [1.82, 2.24) is 15.2 Å². The molecule has 0 aliphatic carbocycles. The molecule has 0 radical (unpaired) electrons. The number of rotatable bonds is 2. The minimum atomic E-state index is -0.416. The fourth-order valence-corrected chi connectivity index (χ4v) is 1.67. The molecule has 0 unspecified atom stereocenters. The highest BCUT2D eigenvalue weighted by Gasteiger charge is 2.12. The molecule has 2 aromatic rings. The molecule has 0 atom stereocenters. The third kappa shape index (κ3) is 2.30. The third-order valence-electron chi connectivity index (χ3n) is 2.38. The maximum atomic E-state index is 11.3. The minimum Gasteiger partial charge on any atom is -0.289 e. The number of nitrogens with two attached hydrogens (primary N) is 1. The lowest BCUT2D eigenvalue weighted by atomic mass is 10.1. The number of aryl methyl sites for hydroxylation is 1. The van der Waals surface area contributed by atoms with Gasteiger partial charge in [-0.1, -0.05) is 23.7 Å². The van der Waals surface area contributed by atoms with E-state index in [1.165, 1.54) is 0 Å². The van der Waals surface area contributed by atoms with Gasteiger partial charge in [0.25, 0.3) is 5.91 Å². The number of carbonyl (C=O) groups is 1. The minimum absolute atomic E-state index is 0.278. The van der Waals surface area contributed by atoms with Crippen molar-refractivity contribution < 1.29 is 4.79 Å². The summed E-state index contributed by atoms with van der Waals surface area (Å²) in [6.45, 7) is 0. The van der Waals surface area contributed by atoms with E-state index >= 15 is 0 Å². The Morgan fingerprint density at radius 1 is 1.41 bits per heavy atom. The normalized spacial score (nSPS) is 10.3. The van der Waals surface area contributed by atoms with Crippen molar-refractivity contribution in [2.75, 3.05) is 0 Å². The summed E-state index contributed by atoms with van der Waals surface area (Å²) in [6, 6.07) is 8.97. The quantitative estimate of drug-likeness (QED) is 0.480. The molecule has 1 amide bonds. The molecule has 88 valence electrons. The predicted octanol–water partition coefficient (Wildman–Crippen LogP) is 1.34. The van der Waals surface area contributed by atoms with Crippen molar-refractivity contribution >= 4 is 17.5 Å². The summed E-state index contributed by atoms with van der Waals surface area (Å²) >= 11 is 5.81. The zero-order chi connectivity index (χ0) is 12.4. The van der Waals surface area contributed by atoms with E-state index in [-0.39, 0.29) is 5.69 Å². The topological polar surface area (TPSA) is 72.9 Å². The van der Waals surface area contributed by atoms with Gasteiger partial charge < -0.3 is 0 Å². The van der Waals surface area contributed by atoms with Crippen LogP contribution in [0.1, 0.15) is 10.5 Å². The van der Waals surface area contributed by atoms with E-state index in [0.29, 0.717) is 5.02 Å². The summed E-state index contributed by atoms with van der Waals surface area (Å²) in [6.07, 6.45) is 0. The first-order valence-electron chi connectivity index (χ1n) is 4.92. The van der Waals surface area contributed by atoms with Crippen molar-refractivity contribution in [1.29, 1.82) is 0 Å². The van der Waals surface area contributed by atoms with Gasteiger partial charge in [0.15, 0.2) is 5.69 Å². The van der Waals surface area contributed by atoms with Crippen molar-refractivity contribution in [3.8, 4) is 11.3 Å². The van der Waals surface area contributed by atoms with Gasteiger partial charge >= 0.3 is 0 Å². The first-order chi connectivity index (χ1) is 8.11. The van der Waals surface area contributed by atoms with Crippen molar-refractivity contribution in [2.45, 2.75) is 0 Å². The number of benzene rings is 1. The standard InChI is InChI=1S/C11H11ClN4O/c1-16-10(6-9(15-16)11(17)14-13)7-2-4-8(12)5-3-7/h2-6H,13H2,1H3,(H,14,17). The number of aromatic nitrogens is 2. The van der Waals surface area contributed by atoms with Crippen LogP contribution in [0.25, 0.3) is 11.3 Å². The smallest absolute Gasteiger partial charge is 0.285 e. The Hall–Kier alpha value is -1.85. The second-order valence-corrected chi connectivity index (χ2v) is 3.96. The maximum Gasteiger partial charge on any atom is 0.285 e. The Morgan fingerprint density at radius 2 is 2.06 bits per heavy atom. The molecule has 5 nitrogen and oxygen atoms in total. The molecule has 2 rings (SSSR count). The molecule has 0 spiro atoms. The Bertz CT molecular complexity index is 547. The molecule has 0 fully saturated rings. The number of amides is 1. The summed E-state index contributed by atoms with van der Waals surface area (Å²) in [7, 11) is 1.76. The first kappa shape index (κ1) is 11.6. The van der Waals surface area contributed by atoms with Crippen LogP contribution in [-0.2, 0) is 7.05 Å². The van der Waals surface area contributed by atoms with E-state index in [4.69, 9.17) is 17.4 Å². The highest BCUT2D eigenvalue weighted by Crippen LogP contribution is 2.21. The molecule has 17 heavy (non-hydrogen) atoms. The average Bonchev–Trinajstić information content (AvgIpc) is 2.71. The van der Waals surface area contributed by atoms with Gasteiger partial charge in [-0.15, -0.1) is 0 Å². The van der Waals surface area contributed by atoms with E-state index in [1.807, 2.05) is 17.6 Å². The summed E-state index contributed by atoms with van der Waals surface area (Å²) in [5.74, 6) is 4.64. The molecule has 0 aliphatic heterocycles. The lowest BCUT2D eigenvalue weighted by molar-refractivity contribution is 0.0948.